The lowest BCUT2D eigenvalue weighted by Gasteiger charge is -2.27. The fourth-order valence-electron chi connectivity index (χ4n) is 2.39. The van der Waals surface area contributed by atoms with Gasteiger partial charge < -0.3 is 20.3 Å². The molecule has 8 nitrogen and oxygen atoms in total. The van der Waals surface area contributed by atoms with Crippen molar-refractivity contribution in [1.29, 1.82) is 0 Å². The molecule has 0 spiro atoms. The minimum atomic E-state index is -0.527. The van der Waals surface area contributed by atoms with Crippen molar-refractivity contribution in [2.45, 2.75) is 6.42 Å². The zero-order chi connectivity index (χ0) is 16.5. The Hall–Kier alpha value is -2.19. The van der Waals surface area contributed by atoms with Gasteiger partial charge in [0, 0.05) is 38.8 Å². The molecule has 1 aliphatic heterocycles. The van der Waals surface area contributed by atoms with Gasteiger partial charge in [0.1, 0.15) is 0 Å². The summed E-state index contributed by atoms with van der Waals surface area (Å²) < 4.78 is 5.23. The van der Waals surface area contributed by atoms with Crippen LogP contribution in [0.15, 0.2) is 24.3 Å². The van der Waals surface area contributed by atoms with Gasteiger partial charge in [-0.2, -0.15) is 0 Å². The molecule has 0 unspecified atom stereocenters. The lowest BCUT2D eigenvalue weighted by molar-refractivity contribution is -0.385. The van der Waals surface area contributed by atoms with Crippen LogP contribution >= 0.6 is 0 Å². The average molecular weight is 322 g/mol. The number of rotatable bonds is 8. The van der Waals surface area contributed by atoms with Crippen molar-refractivity contribution < 1.29 is 14.5 Å². The third kappa shape index (κ3) is 5.84. The number of hydrogen-bond acceptors (Lipinski definition) is 6. The molecule has 8 heteroatoms. The second-order valence-electron chi connectivity index (χ2n) is 5.31. The van der Waals surface area contributed by atoms with Gasteiger partial charge in [0.15, 0.2) is 12.4 Å². The lowest BCUT2D eigenvalue weighted by atomic mass is 10.3. The fraction of sp³-hybridized carbons (Fsp3) is 0.533. The van der Waals surface area contributed by atoms with Crippen molar-refractivity contribution in [2.24, 2.45) is 0 Å². The molecule has 126 valence electrons. The van der Waals surface area contributed by atoms with E-state index in [0.717, 1.165) is 39.1 Å². The Morgan fingerprint density at radius 3 is 2.83 bits per heavy atom. The molecule has 0 aliphatic carbocycles. The van der Waals surface area contributed by atoms with Crippen LogP contribution in [0.4, 0.5) is 5.69 Å². The van der Waals surface area contributed by atoms with E-state index in [1.165, 1.54) is 12.1 Å². The van der Waals surface area contributed by atoms with Crippen LogP contribution < -0.4 is 15.4 Å². The zero-order valence-corrected chi connectivity index (χ0v) is 13.0. The van der Waals surface area contributed by atoms with E-state index in [0.29, 0.717) is 6.54 Å². The van der Waals surface area contributed by atoms with Gasteiger partial charge in [-0.3, -0.25) is 14.9 Å². The van der Waals surface area contributed by atoms with E-state index >= 15 is 0 Å². The van der Waals surface area contributed by atoms with E-state index in [1.54, 1.807) is 12.1 Å². The standard InChI is InChI=1S/C15H22N4O4/c20-15(17-6-3-9-18-10-7-16-8-11-18)12-23-14-5-2-1-4-13(14)19(21)22/h1-2,4-5,16H,3,6-12H2,(H,17,20). The van der Waals surface area contributed by atoms with E-state index in [2.05, 4.69) is 15.5 Å². The summed E-state index contributed by atoms with van der Waals surface area (Å²) in [5, 5.41) is 16.9. The van der Waals surface area contributed by atoms with Gasteiger partial charge in [-0.15, -0.1) is 0 Å². The summed E-state index contributed by atoms with van der Waals surface area (Å²) in [5.41, 5.74) is -0.140. The van der Waals surface area contributed by atoms with E-state index in [-0.39, 0.29) is 24.0 Å². The molecule has 1 aliphatic rings. The Bertz CT molecular complexity index is 532. The number of benzene rings is 1. The molecule has 1 aromatic carbocycles. The number of nitro groups is 1. The Kier molecular flexibility index (Phi) is 6.76. The highest BCUT2D eigenvalue weighted by molar-refractivity contribution is 5.77. The van der Waals surface area contributed by atoms with Crippen molar-refractivity contribution >= 4 is 11.6 Å². The molecule has 0 radical (unpaired) electrons. The van der Waals surface area contributed by atoms with Crippen LogP contribution in [-0.2, 0) is 4.79 Å². The van der Waals surface area contributed by atoms with E-state index in [4.69, 9.17) is 4.74 Å². The van der Waals surface area contributed by atoms with Crippen LogP contribution in [0.2, 0.25) is 0 Å². The van der Waals surface area contributed by atoms with E-state index in [9.17, 15) is 14.9 Å². The van der Waals surface area contributed by atoms with Crippen LogP contribution in [0.25, 0.3) is 0 Å². The lowest BCUT2D eigenvalue weighted by Crippen LogP contribution is -2.44. The number of hydrogen-bond donors (Lipinski definition) is 2. The monoisotopic (exact) mass is 322 g/mol. The number of nitro benzene ring substituents is 1. The Balaban J connectivity index is 1.64. The largest absolute Gasteiger partial charge is 0.477 e. The smallest absolute Gasteiger partial charge is 0.310 e. The number of amides is 1. The van der Waals surface area contributed by atoms with Crippen LogP contribution in [0.1, 0.15) is 6.42 Å². The van der Waals surface area contributed by atoms with Crippen molar-refractivity contribution in [3.05, 3.63) is 34.4 Å². The van der Waals surface area contributed by atoms with Crippen molar-refractivity contribution in [3.63, 3.8) is 0 Å². The first-order chi connectivity index (χ1) is 11.2. The summed E-state index contributed by atoms with van der Waals surface area (Å²) >= 11 is 0. The highest BCUT2D eigenvalue weighted by Crippen LogP contribution is 2.25. The molecular weight excluding hydrogens is 300 g/mol. The number of carbonyl (C=O) groups is 1. The predicted molar refractivity (Wildman–Crippen MR) is 85.5 cm³/mol. The zero-order valence-electron chi connectivity index (χ0n) is 13.0. The molecule has 0 saturated carbocycles. The minimum absolute atomic E-state index is 0.105. The van der Waals surface area contributed by atoms with Gasteiger partial charge in [-0.05, 0) is 19.0 Å². The third-order valence-corrected chi connectivity index (χ3v) is 3.60. The van der Waals surface area contributed by atoms with Crippen molar-refractivity contribution in [1.82, 2.24) is 15.5 Å². The number of ether oxygens (including phenoxy) is 1. The molecule has 2 rings (SSSR count). The molecule has 0 aromatic heterocycles. The first-order valence-electron chi connectivity index (χ1n) is 7.73. The van der Waals surface area contributed by atoms with Gasteiger partial charge in [0.2, 0.25) is 0 Å². The van der Waals surface area contributed by atoms with Crippen LogP contribution in [0.5, 0.6) is 5.75 Å². The minimum Gasteiger partial charge on any atom is -0.477 e. The van der Waals surface area contributed by atoms with Crippen LogP contribution in [0.3, 0.4) is 0 Å². The first-order valence-corrected chi connectivity index (χ1v) is 7.73. The normalized spacial score (nSPS) is 15.1. The molecule has 0 atom stereocenters. The molecule has 1 amide bonds. The quantitative estimate of drug-likeness (QED) is 0.408. The number of nitrogens with one attached hydrogen (secondary N) is 2. The molecular formula is C15H22N4O4. The highest BCUT2D eigenvalue weighted by Gasteiger charge is 2.15. The fourth-order valence-corrected chi connectivity index (χ4v) is 2.39. The van der Waals surface area contributed by atoms with Gasteiger partial charge in [0.05, 0.1) is 4.92 Å². The van der Waals surface area contributed by atoms with Gasteiger partial charge >= 0.3 is 5.69 Å². The number of nitrogens with zero attached hydrogens (tertiary/aromatic N) is 2. The Morgan fingerprint density at radius 1 is 1.35 bits per heavy atom. The summed E-state index contributed by atoms with van der Waals surface area (Å²) in [4.78, 5) is 24.4. The Morgan fingerprint density at radius 2 is 2.09 bits per heavy atom. The summed E-state index contributed by atoms with van der Waals surface area (Å²) in [6, 6.07) is 6.02. The number of para-hydroxylation sites is 2. The summed E-state index contributed by atoms with van der Waals surface area (Å²) in [5.74, 6) is -0.170. The SMILES string of the molecule is O=C(COc1ccccc1[N+](=O)[O-])NCCCN1CCNCC1. The maximum atomic E-state index is 11.7. The van der Waals surface area contributed by atoms with Crippen LogP contribution in [-0.4, -0.2) is 61.6 Å². The Labute approximate surface area is 134 Å². The molecule has 2 N–H and O–H groups in total. The molecule has 1 saturated heterocycles. The van der Waals surface area contributed by atoms with Gasteiger partial charge in [-0.1, -0.05) is 12.1 Å². The molecule has 1 fully saturated rings. The topological polar surface area (TPSA) is 96.7 Å². The predicted octanol–water partition coefficient (Wildman–Crippen LogP) is 0.385. The third-order valence-electron chi connectivity index (χ3n) is 3.60. The molecule has 23 heavy (non-hydrogen) atoms. The maximum Gasteiger partial charge on any atom is 0.310 e. The molecule has 1 aromatic rings. The average Bonchev–Trinajstić information content (AvgIpc) is 2.58. The second kappa shape index (κ2) is 9.06. The van der Waals surface area contributed by atoms with E-state index in [1.807, 2.05) is 0 Å². The summed E-state index contributed by atoms with van der Waals surface area (Å²) in [6.45, 7) is 5.39. The first kappa shape index (κ1) is 17.2. The number of carbonyl (C=O) groups excluding carboxylic acids is 1. The molecule has 1 heterocycles. The van der Waals surface area contributed by atoms with E-state index < -0.39 is 4.92 Å². The van der Waals surface area contributed by atoms with Crippen LogP contribution in [0, 0.1) is 10.1 Å². The van der Waals surface area contributed by atoms with Crippen molar-refractivity contribution in [2.75, 3.05) is 45.9 Å². The van der Waals surface area contributed by atoms with Gasteiger partial charge in [-0.25, -0.2) is 0 Å². The highest BCUT2D eigenvalue weighted by atomic mass is 16.6. The van der Waals surface area contributed by atoms with Gasteiger partial charge in [0.25, 0.3) is 5.91 Å². The summed E-state index contributed by atoms with van der Waals surface area (Å²) in [6.07, 6.45) is 0.872. The van der Waals surface area contributed by atoms with Crippen molar-refractivity contribution in [3.8, 4) is 5.75 Å². The maximum absolute atomic E-state index is 11.7. The molecule has 0 bridgehead atoms. The summed E-state index contributed by atoms with van der Waals surface area (Å²) in [7, 11) is 0. The second-order valence-corrected chi connectivity index (χ2v) is 5.31. The number of piperazine rings is 1.